The van der Waals surface area contributed by atoms with Gasteiger partial charge in [-0.25, -0.2) is 14.4 Å². The van der Waals surface area contributed by atoms with Crippen molar-refractivity contribution in [3.63, 3.8) is 0 Å². The number of hydrogen-bond donors (Lipinski definition) is 1. The van der Waals surface area contributed by atoms with Gasteiger partial charge in [-0.15, -0.1) is 0 Å². The molecule has 1 fully saturated rings. The van der Waals surface area contributed by atoms with Crippen LogP contribution in [0.15, 0.2) is 47.7 Å². The lowest BCUT2D eigenvalue weighted by Crippen LogP contribution is -2.23. The van der Waals surface area contributed by atoms with Crippen LogP contribution in [0, 0.1) is 26.6 Å². The quantitative estimate of drug-likeness (QED) is 0.414. The van der Waals surface area contributed by atoms with Crippen LogP contribution in [-0.2, 0) is 12.1 Å². The summed E-state index contributed by atoms with van der Waals surface area (Å²) in [5, 5.41) is -0.117. The van der Waals surface area contributed by atoms with Crippen LogP contribution in [0.5, 0.6) is 5.75 Å². The molecule has 0 bridgehead atoms. The summed E-state index contributed by atoms with van der Waals surface area (Å²) in [6, 6.07) is 6.56. The Kier molecular flexibility index (Phi) is 6.05. The highest BCUT2D eigenvalue weighted by molar-refractivity contribution is 6.31. The second-order valence-corrected chi connectivity index (χ2v) is 9.49. The molecule has 5 rings (SSSR count). The highest BCUT2D eigenvalue weighted by Gasteiger charge is 2.43. The summed E-state index contributed by atoms with van der Waals surface area (Å²) >= 11 is 6.42. The maximum absolute atomic E-state index is 14.2. The van der Waals surface area contributed by atoms with Crippen LogP contribution in [0.1, 0.15) is 41.2 Å². The first-order valence-electron chi connectivity index (χ1n) is 11.4. The van der Waals surface area contributed by atoms with Gasteiger partial charge in [0, 0.05) is 30.4 Å². The molecule has 0 saturated heterocycles. The molecular formula is C26H24ClFN6O2. The first kappa shape index (κ1) is 24.0. The number of rotatable bonds is 6. The maximum Gasteiger partial charge on any atom is 0.277 e. The molecule has 0 aliphatic heterocycles. The van der Waals surface area contributed by atoms with Crippen LogP contribution in [0.2, 0.25) is 5.02 Å². The van der Waals surface area contributed by atoms with Crippen molar-refractivity contribution in [1.82, 2.24) is 24.5 Å². The van der Waals surface area contributed by atoms with Crippen molar-refractivity contribution < 1.29 is 9.13 Å². The van der Waals surface area contributed by atoms with Gasteiger partial charge in [0.1, 0.15) is 34.7 Å². The summed E-state index contributed by atoms with van der Waals surface area (Å²) in [5.41, 5.74) is 9.30. The van der Waals surface area contributed by atoms with E-state index in [0.717, 1.165) is 18.4 Å². The van der Waals surface area contributed by atoms with Crippen LogP contribution < -0.4 is 16.0 Å². The number of aromatic nitrogens is 5. The molecule has 0 spiro atoms. The summed E-state index contributed by atoms with van der Waals surface area (Å²) in [4.78, 5) is 30.8. The molecule has 36 heavy (non-hydrogen) atoms. The standard InChI is InChI=1S/C26H24ClFN6O2/c1-14-8-17(28)20(31-11-14)13-36-22-9-16(3)34(24(35)23(22)27)21-10-19(32-12-15(21)2)18-4-7-30-25(33-18)26(29)5-6-26/h4,7-12H,5-6,13,29H2,1-3H3. The van der Waals surface area contributed by atoms with Crippen molar-refractivity contribution in [3.8, 4) is 22.8 Å². The minimum atomic E-state index is -0.480. The van der Waals surface area contributed by atoms with Crippen molar-refractivity contribution >= 4 is 11.6 Å². The molecule has 0 aromatic carbocycles. The average Bonchev–Trinajstić information content (AvgIpc) is 3.61. The average molecular weight is 507 g/mol. The Balaban J connectivity index is 1.50. The van der Waals surface area contributed by atoms with E-state index >= 15 is 0 Å². The van der Waals surface area contributed by atoms with E-state index in [4.69, 9.17) is 22.1 Å². The van der Waals surface area contributed by atoms with Gasteiger partial charge in [-0.3, -0.25) is 19.3 Å². The molecule has 0 atom stereocenters. The van der Waals surface area contributed by atoms with Gasteiger partial charge in [-0.05, 0) is 62.9 Å². The summed E-state index contributed by atoms with van der Waals surface area (Å²) in [6.07, 6.45) is 6.58. The molecule has 10 heteroatoms. The zero-order valence-electron chi connectivity index (χ0n) is 20.0. The van der Waals surface area contributed by atoms with Crippen molar-refractivity contribution in [1.29, 1.82) is 0 Å². The molecular weight excluding hydrogens is 483 g/mol. The molecule has 4 aromatic rings. The molecule has 1 aliphatic carbocycles. The lowest BCUT2D eigenvalue weighted by molar-refractivity contribution is 0.293. The molecule has 184 valence electrons. The van der Waals surface area contributed by atoms with Crippen LogP contribution in [0.25, 0.3) is 17.1 Å². The molecule has 2 N–H and O–H groups in total. The van der Waals surface area contributed by atoms with E-state index in [1.165, 1.54) is 10.6 Å². The van der Waals surface area contributed by atoms with E-state index in [9.17, 15) is 9.18 Å². The van der Waals surface area contributed by atoms with Gasteiger partial charge in [0.2, 0.25) is 0 Å². The van der Waals surface area contributed by atoms with Gasteiger partial charge in [-0.2, -0.15) is 0 Å². The van der Waals surface area contributed by atoms with E-state index in [1.807, 2.05) is 6.92 Å². The number of aryl methyl sites for hydroxylation is 3. The fourth-order valence-electron chi connectivity index (χ4n) is 3.89. The highest BCUT2D eigenvalue weighted by Crippen LogP contribution is 2.41. The topological polar surface area (TPSA) is 109 Å². The summed E-state index contributed by atoms with van der Waals surface area (Å²) in [6.45, 7) is 5.21. The third kappa shape index (κ3) is 4.47. The lowest BCUT2D eigenvalue weighted by atomic mass is 10.1. The third-order valence-corrected chi connectivity index (χ3v) is 6.53. The van der Waals surface area contributed by atoms with Gasteiger partial charge < -0.3 is 10.5 Å². The first-order valence-corrected chi connectivity index (χ1v) is 11.8. The predicted octanol–water partition coefficient (Wildman–Crippen LogP) is 4.33. The van der Waals surface area contributed by atoms with Crippen LogP contribution in [0.3, 0.4) is 0 Å². The smallest absolute Gasteiger partial charge is 0.277 e. The number of hydrogen-bond acceptors (Lipinski definition) is 7. The molecule has 0 radical (unpaired) electrons. The normalized spacial score (nSPS) is 14.1. The van der Waals surface area contributed by atoms with Crippen LogP contribution in [0.4, 0.5) is 4.39 Å². The number of ether oxygens (including phenoxy) is 1. The van der Waals surface area contributed by atoms with E-state index < -0.39 is 16.9 Å². The van der Waals surface area contributed by atoms with Crippen molar-refractivity contribution in [3.05, 3.63) is 92.4 Å². The van der Waals surface area contributed by atoms with Crippen molar-refractivity contribution in [2.75, 3.05) is 0 Å². The fourth-order valence-corrected chi connectivity index (χ4v) is 4.09. The van der Waals surface area contributed by atoms with Gasteiger partial charge in [0.05, 0.1) is 22.6 Å². The third-order valence-electron chi connectivity index (χ3n) is 6.19. The molecule has 1 saturated carbocycles. The van der Waals surface area contributed by atoms with Gasteiger partial charge >= 0.3 is 0 Å². The second-order valence-electron chi connectivity index (χ2n) is 9.11. The van der Waals surface area contributed by atoms with E-state index in [-0.39, 0.29) is 23.1 Å². The molecule has 0 unspecified atom stereocenters. The molecule has 4 aromatic heterocycles. The van der Waals surface area contributed by atoms with E-state index in [2.05, 4.69) is 19.9 Å². The lowest BCUT2D eigenvalue weighted by Gasteiger charge is -2.17. The maximum atomic E-state index is 14.2. The Morgan fingerprint density at radius 2 is 1.89 bits per heavy atom. The van der Waals surface area contributed by atoms with E-state index in [1.54, 1.807) is 50.6 Å². The SMILES string of the molecule is Cc1cnc(COc2cc(C)n(-c3cc(-c4ccnc(C5(N)CC5)n4)ncc3C)c(=O)c2Cl)c(F)c1. The first-order chi connectivity index (χ1) is 17.2. The fraction of sp³-hybridized carbons (Fsp3) is 0.269. The van der Waals surface area contributed by atoms with E-state index in [0.29, 0.717) is 34.2 Å². The Hall–Kier alpha value is -3.69. The Labute approximate surface area is 212 Å². The van der Waals surface area contributed by atoms with Crippen molar-refractivity contribution in [2.45, 2.75) is 45.8 Å². The van der Waals surface area contributed by atoms with Gasteiger partial charge in [0.15, 0.2) is 0 Å². The molecule has 0 amide bonds. The Morgan fingerprint density at radius 3 is 2.61 bits per heavy atom. The second kappa shape index (κ2) is 9.07. The van der Waals surface area contributed by atoms with Gasteiger partial charge in [-0.1, -0.05) is 11.6 Å². The minimum Gasteiger partial charge on any atom is -0.485 e. The van der Waals surface area contributed by atoms with Crippen molar-refractivity contribution in [2.24, 2.45) is 5.73 Å². The monoisotopic (exact) mass is 506 g/mol. The zero-order valence-corrected chi connectivity index (χ0v) is 20.8. The number of nitrogens with zero attached hydrogens (tertiary/aromatic N) is 5. The highest BCUT2D eigenvalue weighted by atomic mass is 35.5. The summed E-state index contributed by atoms with van der Waals surface area (Å²) in [5.74, 6) is 0.259. The Morgan fingerprint density at radius 1 is 1.11 bits per heavy atom. The predicted molar refractivity (Wildman–Crippen MR) is 134 cm³/mol. The number of pyridine rings is 3. The largest absolute Gasteiger partial charge is 0.485 e. The molecule has 8 nitrogen and oxygen atoms in total. The number of halogens is 2. The molecule has 1 aliphatic rings. The summed E-state index contributed by atoms with van der Waals surface area (Å²) < 4.78 is 21.3. The molecule has 4 heterocycles. The Bertz CT molecular complexity index is 1550. The van der Waals surface area contributed by atoms with Gasteiger partial charge in [0.25, 0.3) is 5.56 Å². The number of nitrogens with two attached hydrogens (primary N) is 1. The summed E-state index contributed by atoms with van der Waals surface area (Å²) in [7, 11) is 0. The van der Waals surface area contributed by atoms with Crippen LogP contribution >= 0.6 is 11.6 Å². The minimum absolute atomic E-state index is 0.117. The van der Waals surface area contributed by atoms with Crippen LogP contribution in [-0.4, -0.2) is 24.5 Å². The zero-order chi connectivity index (χ0) is 25.6.